The predicted molar refractivity (Wildman–Crippen MR) is 78.9 cm³/mol. The normalized spacial score (nSPS) is 27.0. The van der Waals surface area contributed by atoms with Crippen LogP contribution in [0, 0.1) is 5.41 Å². The summed E-state index contributed by atoms with van der Waals surface area (Å²) in [5, 5.41) is 0. The van der Waals surface area contributed by atoms with Crippen LogP contribution in [-0.4, -0.2) is 42.1 Å². The van der Waals surface area contributed by atoms with E-state index in [1.54, 1.807) is 7.11 Å². The quantitative estimate of drug-likeness (QED) is 0.804. The lowest BCUT2D eigenvalue weighted by atomic mass is 9.72. The van der Waals surface area contributed by atoms with Gasteiger partial charge in [0.1, 0.15) is 0 Å². The average Bonchev–Trinajstić information content (AvgIpc) is 2.47. The molecule has 2 aliphatic rings. The van der Waals surface area contributed by atoms with Crippen LogP contribution in [0.1, 0.15) is 44.9 Å². The lowest BCUT2D eigenvalue weighted by molar-refractivity contribution is -0.143. The SMILES string of the molecule is COC1CCCN(C(=O)C2(C(N)=S)CCCCC2)C1. The molecule has 4 nitrogen and oxygen atoms in total. The van der Waals surface area contributed by atoms with Gasteiger partial charge >= 0.3 is 0 Å². The van der Waals surface area contributed by atoms with Gasteiger partial charge in [0.15, 0.2) is 0 Å². The Kier molecular flexibility index (Phi) is 4.79. The number of hydrogen-bond donors (Lipinski definition) is 1. The summed E-state index contributed by atoms with van der Waals surface area (Å²) < 4.78 is 5.39. The van der Waals surface area contributed by atoms with Crippen LogP contribution in [0.4, 0.5) is 0 Å². The number of nitrogens with two attached hydrogens (primary N) is 1. The third-order valence-electron chi connectivity index (χ3n) is 4.59. The van der Waals surface area contributed by atoms with E-state index in [2.05, 4.69) is 0 Å². The lowest BCUT2D eigenvalue weighted by Gasteiger charge is -2.41. The molecule has 0 spiro atoms. The molecule has 1 amide bonds. The molecule has 2 rings (SSSR count). The van der Waals surface area contributed by atoms with Crippen molar-refractivity contribution in [2.24, 2.45) is 11.1 Å². The summed E-state index contributed by atoms with van der Waals surface area (Å²) in [4.78, 5) is 15.2. The highest BCUT2D eigenvalue weighted by Gasteiger charge is 2.45. The highest BCUT2D eigenvalue weighted by molar-refractivity contribution is 7.80. The van der Waals surface area contributed by atoms with E-state index in [-0.39, 0.29) is 12.0 Å². The first kappa shape index (κ1) is 14.7. The summed E-state index contributed by atoms with van der Waals surface area (Å²) >= 11 is 5.23. The van der Waals surface area contributed by atoms with Crippen LogP contribution in [0.2, 0.25) is 0 Å². The minimum absolute atomic E-state index is 0.140. The molecule has 1 aliphatic heterocycles. The number of carbonyl (C=O) groups is 1. The fourth-order valence-electron chi connectivity index (χ4n) is 3.34. The molecule has 0 radical (unpaired) electrons. The molecule has 2 fully saturated rings. The van der Waals surface area contributed by atoms with Gasteiger partial charge in [-0.15, -0.1) is 0 Å². The van der Waals surface area contributed by atoms with Crippen molar-refractivity contribution < 1.29 is 9.53 Å². The van der Waals surface area contributed by atoms with Gasteiger partial charge in [0.05, 0.1) is 16.5 Å². The number of piperidine rings is 1. The van der Waals surface area contributed by atoms with Crippen molar-refractivity contribution in [3.05, 3.63) is 0 Å². The second kappa shape index (κ2) is 6.18. The molecule has 0 aromatic rings. The van der Waals surface area contributed by atoms with E-state index in [1.807, 2.05) is 4.90 Å². The maximum atomic E-state index is 12.9. The molecule has 1 unspecified atom stereocenters. The predicted octanol–water partition coefficient (Wildman–Crippen LogP) is 1.86. The first-order valence-electron chi connectivity index (χ1n) is 7.22. The third kappa shape index (κ3) is 2.92. The van der Waals surface area contributed by atoms with Crippen LogP contribution in [0.5, 0.6) is 0 Å². The van der Waals surface area contributed by atoms with Crippen molar-refractivity contribution in [2.45, 2.75) is 51.0 Å². The zero-order valence-electron chi connectivity index (χ0n) is 11.7. The summed E-state index contributed by atoms with van der Waals surface area (Å²) in [6, 6.07) is 0. The molecule has 0 aromatic carbocycles. The number of likely N-dealkylation sites (tertiary alicyclic amines) is 1. The van der Waals surface area contributed by atoms with Crippen LogP contribution < -0.4 is 5.73 Å². The summed E-state index contributed by atoms with van der Waals surface area (Å²) in [5.74, 6) is 0.140. The Labute approximate surface area is 120 Å². The number of carbonyl (C=O) groups excluding carboxylic acids is 1. The minimum atomic E-state index is -0.580. The monoisotopic (exact) mass is 284 g/mol. The number of hydrogen-bond acceptors (Lipinski definition) is 3. The maximum absolute atomic E-state index is 12.9. The second-order valence-corrected chi connectivity index (χ2v) is 6.20. The molecule has 2 N–H and O–H groups in total. The fourth-order valence-corrected chi connectivity index (χ4v) is 3.63. The van der Waals surface area contributed by atoms with Crippen LogP contribution >= 0.6 is 12.2 Å². The number of nitrogens with zero attached hydrogens (tertiary/aromatic N) is 1. The van der Waals surface area contributed by atoms with Crippen molar-refractivity contribution in [1.29, 1.82) is 0 Å². The molecule has 1 heterocycles. The van der Waals surface area contributed by atoms with Gasteiger partial charge in [-0.1, -0.05) is 31.5 Å². The van der Waals surface area contributed by atoms with Gasteiger partial charge in [0.25, 0.3) is 0 Å². The van der Waals surface area contributed by atoms with Gasteiger partial charge in [-0.25, -0.2) is 0 Å². The molecule has 1 aliphatic carbocycles. The molecule has 1 atom stereocenters. The summed E-state index contributed by atoms with van der Waals surface area (Å²) in [5.41, 5.74) is 5.35. The Morgan fingerprint density at radius 3 is 2.58 bits per heavy atom. The highest BCUT2D eigenvalue weighted by Crippen LogP contribution is 2.39. The van der Waals surface area contributed by atoms with E-state index in [4.69, 9.17) is 22.7 Å². The minimum Gasteiger partial charge on any atom is -0.392 e. The van der Waals surface area contributed by atoms with Crippen LogP contribution in [0.3, 0.4) is 0 Å². The summed E-state index contributed by atoms with van der Waals surface area (Å²) in [7, 11) is 1.71. The van der Waals surface area contributed by atoms with Crippen LogP contribution in [0.15, 0.2) is 0 Å². The number of rotatable bonds is 3. The average molecular weight is 284 g/mol. The van der Waals surface area contributed by atoms with Gasteiger partial charge in [0.2, 0.25) is 5.91 Å². The molecule has 19 heavy (non-hydrogen) atoms. The molecule has 108 valence electrons. The second-order valence-electron chi connectivity index (χ2n) is 5.76. The van der Waals surface area contributed by atoms with Crippen molar-refractivity contribution >= 4 is 23.1 Å². The van der Waals surface area contributed by atoms with Gasteiger partial charge in [-0.3, -0.25) is 4.79 Å². The van der Waals surface area contributed by atoms with Crippen molar-refractivity contribution in [1.82, 2.24) is 4.90 Å². The molecular weight excluding hydrogens is 260 g/mol. The number of amides is 1. The van der Waals surface area contributed by atoms with E-state index in [0.29, 0.717) is 11.5 Å². The largest absolute Gasteiger partial charge is 0.392 e. The van der Waals surface area contributed by atoms with Gasteiger partial charge in [0, 0.05) is 20.2 Å². The van der Waals surface area contributed by atoms with Crippen molar-refractivity contribution in [3.8, 4) is 0 Å². The molecule has 0 aromatic heterocycles. The molecular formula is C14H24N2O2S. The summed E-state index contributed by atoms with van der Waals surface area (Å²) in [6.45, 7) is 1.49. The van der Waals surface area contributed by atoms with Crippen LogP contribution in [-0.2, 0) is 9.53 Å². The first-order valence-corrected chi connectivity index (χ1v) is 7.63. The zero-order chi connectivity index (χ0) is 13.9. The first-order chi connectivity index (χ1) is 9.10. The van der Waals surface area contributed by atoms with E-state index in [1.165, 1.54) is 6.42 Å². The Morgan fingerprint density at radius 2 is 2.00 bits per heavy atom. The Hall–Kier alpha value is -0.680. The third-order valence-corrected chi connectivity index (χ3v) is 4.98. The van der Waals surface area contributed by atoms with Gasteiger partial charge < -0.3 is 15.4 Å². The van der Waals surface area contributed by atoms with Crippen LogP contribution in [0.25, 0.3) is 0 Å². The molecule has 1 saturated carbocycles. The highest BCUT2D eigenvalue weighted by atomic mass is 32.1. The Bertz CT molecular complexity index is 353. The van der Waals surface area contributed by atoms with Crippen molar-refractivity contribution in [3.63, 3.8) is 0 Å². The topological polar surface area (TPSA) is 55.6 Å². The van der Waals surface area contributed by atoms with Crippen molar-refractivity contribution in [2.75, 3.05) is 20.2 Å². The smallest absolute Gasteiger partial charge is 0.235 e. The summed E-state index contributed by atoms with van der Waals surface area (Å²) in [6.07, 6.45) is 7.08. The lowest BCUT2D eigenvalue weighted by Crippen LogP contribution is -2.54. The fraction of sp³-hybridized carbons (Fsp3) is 0.857. The van der Waals surface area contributed by atoms with Gasteiger partial charge in [-0.2, -0.15) is 0 Å². The van der Waals surface area contributed by atoms with Gasteiger partial charge in [-0.05, 0) is 25.7 Å². The van der Waals surface area contributed by atoms with E-state index >= 15 is 0 Å². The standard InChI is InChI=1S/C14H24N2O2S/c1-18-11-6-5-9-16(10-11)13(17)14(12(15)19)7-3-2-4-8-14/h11H,2-10H2,1H3,(H2,15,19). The molecule has 0 bridgehead atoms. The maximum Gasteiger partial charge on any atom is 0.235 e. The van der Waals surface area contributed by atoms with E-state index in [9.17, 15) is 4.79 Å². The molecule has 5 heteroatoms. The number of ether oxygens (including phenoxy) is 1. The Morgan fingerprint density at radius 1 is 1.32 bits per heavy atom. The number of methoxy groups -OCH3 is 1. The Balaban J connectivity index is 2.13. The zero-order valence-corrected chi connectivity index (χ0v) is 12.5. The molecule has 1 saturated heterocycles. The van der Waals surface area contributed by atoms with E-state index in [0.717, 1.165) is 45.1 Å². The number of thiocarbonyl (C=S) groups is 1. The van der Waals surface area contributed by atoms with E-state index < -0.39 is 5.41 Å².